The molecule has 0 aliphatic rings. The van der Waals surface area contributed by atoms with E-state index in [0.717, 1.165) is 63.1 Å². The molecule has 0 unspecified atom stereocenters. The van der Waals surface area contributed by atoms with Gasteiger partial charge in [0, 0.05) is 52.4 Å². The molecule has 116 valence electrons. The fourth-order valence-electron chi connectivity index (χ4n) is 1.89. The van der Waals surface area contributed by atoms with E-state index >= 15 is 0 Å². The molecule has 0 bridgehead atoms. The minimum absolute atomic E-state index is 0.751. The highest BCUT2D eigenvalue weighted by molar-refractivity contribution is 7.09. The van der Waals surface area contributed by atoms with Crippen LogP contribution in [0.2, 0.25) is 0 Å². The van der Waals surface area contributed by atoms with Crippen LogP contribution in [0.4, 0.5) is 0 Å². The van der Waals surface area contributed by atoms with Gasteiger partial charge in [-0.05, 0) is 13.0 Å². The van der Waals surface area contributed by atoms with Gasteiger partial charge in [0.2, 0.25) is 0 Å². The van der Waals surface area contributed by atoms with Gasteiger partial charge in [-0.25, -0.2) is 4.98 Å². The number of hydrogen-bond acceptors (Lipinski definition) is 6. The Hall–Kier alpha value is -0.530. The molecule has 0 aliphatic heterocycles. The number of nitrogens with zero attached hydrogens (tertiary/aromatic N) is 2. The van der Waals surface area contributed by atoms with Gasteiger partial charge >= 0.3 is 0 Å². The van der Waals surface area contributed by atoms with Gasteiger partial charge in [-0.2, -0.15) is 0 Å². The molecule has 1 N–H and O–H groups in total. The maximum Gasteiger partial charge on any atom is 0.107 e. The Bertz CT molecular complexity index is 347. The lowest BCUT2D eigenvalue weighted by molar-refractivity contribution is 0.128. The second-order valence-corrected chi connectivity index (χ2v) is 5.57. The van der Waals surface area contributed by atoms with Gasteiger partial charge in [-0.1, -0.05) is 6.92 Å². The Morgan fingerprint density at radius 1 is 1.25 bits per heavy atom. The number of methoxy groups -OCH3 is 2. The van der Waals surface area contributed by atoms with Crippen molar-refractivity contribution in [2.24, 2.45) is 0 Å². The minimum Gasteiger partial charge on any atom is -0.385 e. The van der Waals surface area contributed by atoms with Gasteiger partial charge in [0.25, 0.3) is 0 Å². The number of aromatic nitrogens is 1. The molecule has 5 nitrogen and oxygen atoms in total. The summed E-state index contributed by atoms with van der Waals surface area (Å²) >= 11 is 1.73. The maximum atomic E-state index is 5.17. The normalized spacial score (nSPS) is 11.4. The molecule has 0 fully saturated rings. The molecule has 0 atom stereocenters. The summed E-state index contributed by atoms with van der Waals surface area (Å²) in [5.41, 5.74) is 1.15. The monoisotopic (exact) mass is 301 g/mol. The molecule has 0 saturated carbocycles. The molecule has 20 heavy (non-hydrogen) atoms. The van der Waals surface area contributed by atoms with Crippen LogP contribution in [0.25, 0.3) is 0 Å². The molecule has 1 aromatic rings. The first-order valence-electron chi connectivity index (χ1n) is 7.14. The van der Waals surface area contributed by atoms with Crippen LogP contribution >= 0.6 is 11.3 Å². The number of thiazole rings is 1. The number of hydrogen-bond donors (Lipinski definition) is 1. The van der Waals surface area contributed by atoms with Crippen LogP contribution in [-0.2, 0) is 22.6 Å². The van der Waals surface area contributed by atoms with Crippen molar-refractivity contribution in [1.29, 1.82) is 0 Å². The lowest BCUT2D eigenvalue weighted by atomic mass is 10.3. The molecule has 0 radical (unpaired) electrons. The predicted molar refractivity (Wildman–Crippen MR) is 83.1 cm³/mol. The maximum absolute atomic E-state index is 5.17. The second-order valence-electron chi connectivity index (χ2n) is 4.63. The molecule has 0 amide bonds. The zero-order valence-corrected chi connectivity index (χ0v) is 13.7. The van der Waals surface area contributed by atoms with Crippen molar-refractivity contribution in [2.45, 2.75) is 26.4 Å². The first-order chi connectivity index (χ1) is 9.80. The summed E-state index contributed by atoms with van der Waals surface area (Å²) in [5, 5.41) is 6.62. The Morgan fingerprint density at radius 2 is 2.05 bits per heavy atom. The predicted octanol–water partition coefficient (Wildman–Crippen LogP) is 1.74. The van der Waals surface area contributed by atoms with Gasteiger partial charge in [0.1, 0.15) is 5.01 Å². The van der Waals surface area contributed by atoms with Crippen LogP contribution in [-0.4, -0.2) is 57.0 Å². The van der Waals surface area contributed by atoms with E-state index in [9.17, 15) is 0 Å². The third-order valence-electron chi connectivity index (χ3n) is 2.95. The summed E-state index contributed by atoms with van der Waals surface area (Å²) < 4.78 is 10.3. The van der Waals surface area contributed by atoms with Crippen molar-refractivity contribution in [2.75, 3.05) is 47.1 Å². The largest absolute Gasteiger partial charge is 0.385 e. The average molecular weight is 301 g/mol. The van der Waals surface area contributed by atoms with Gasteiger partial charge in [0.15, 0.2) is 0 Å². The average Bonchev–Trinajstić information content (AvgIpc) is 2.90. The summed E-state index contributed by atoms with van der Waals surface area (Å²) in [6.07, 6.45) is 1.04. The molecule has 6 heteroatoms. The Labute approximate surface area is 126 Å². The van der Waals surface area contributed by atoms with Crippen LogP contribution in [0, 0.1) is 0 Å². The summed E-state index contributed by atoms with van der Waals surface area (Å²) in [4.78, 5) is 7.04. The quantitative estimate of drug-likeness (QED) is 0.596. The zero-order chi connectivity index (χ0) is 14.6. The second kappa shape index (κ2) is 11.2. The summed E-state index contributed by atoms with van der Waals surface area (Å²) in [6.45, 7) is 8.33. The smallest absolute Gasteiger partial charge is 0.107 e. The molecule has 0 aromatic carbocycles. The molecule has 0 saturated heterocycles. The van der Waals surface area contributed by atoms with Crippen LogP contribution in [0.3, 0.4) is 0 Å². The molecule has 1 rings (SSSR count). The van der Waals surface area contributed by atoms with E-state index in [1.807, 2.05) is 0 Å². The fraction of sp³-hybridized carbons (Fsp3) is 0.786. The van der Waals surface area contributed by atoms with E-state index in [1.54, 1.807) is 25.6 Å². The van der Waals surface area contributed by atoms with Crippen LogP contribution < -0.4 is 5.32 Å². The van der Waals surface area contributed by atoms with E-state index in [-0.39, 0.29) is 0 Å². The molecule has 1 heterocycles. The van der Waals surface area contributed by atoms with Crippen molar-refractivity contribution in [3.63, 3.8) is 0 Å². The van der Waals surface area contributed by atoms with Gasteiger partial charge in [0.05, 0.1) is 12.3 Å². The Balaban J connectivity index is 2.43. The van der Waals surface area contributed by atoms with Crippen molar-refractivity contribution in [1.82, 2.24) is 15.2 Å². The van der Waals surface area contributed by atoms with Crippen LogP contribution in [0.1, 0.15) is 24.0 Å². The van der Waals surface area contributed by atoms with E-state index in [2.05, 4.69) is 27.5 Å². The Kier molecular flexibility index (Phi) is 9.78. The topological polar surface area (TPSA) is 46.6 Å². The van der Waals surface area contributed by atoms with Gasteiger partial charge < -0.3 is 14.8 Å². The molecule has 0 spiro atoms. The SMILES string of the molecule is CCNCc1nc(CN(CCCOC)CCOC)cs1. The van der Waals surface area contributed by atoms with E-state index in [1.165, 1.54) is 0 Å². The highest BCUT2D eigenvalue weighted by atomic mass is 32.1. The fourth-order valence-corrected chi connectivity index (χ4v) is 2.64. The zero-order valence-electron chi connectivity index (χ0n) is 12.9. The highest BCUT2D eigenvalue weighted by Gasteiger charge is 2.09. The summed E-state index contributed by atoms with van der Waals surface area (Å²) in [6, 6.07) is 0. The Morgan fingerprint density at radius 3 is 2.75 bits per heavy atom. The van der Waals surface area contributed by atoms with Crippen LogP contribution in [0.5, 0.6) is 0 Å². The van der Waals surface area contributed by atoms with E-state index in [0.29, 0.717) is 0 Å². The lowest BCUT2D eigenvalue weighted by Gasteiger charge is -2.20. The van der Waals surface area contributed by atoms with E-state index < -0.39 is 0 Å². The molecular formula is C14H27N3O2S. The first-order valence-corrected chi connectivity index (χ1v) is 8.02. The first kappa shape index (κ1) is 17.5. The third-order valence-corrected chi connectivity index (χ3v) is 3.84. The van der Waals surface area contributed by atoms with Gasteiger partial charge in [-0.3, -0.25) is 4.90 Å². The summed E-state index contributed by atoms with van der Waals surface area (Å²) in [5.74, 6) is 0. The highest BCUT2D eigenvalue weighted by Crippen LogP contribution is 2.12. The van der Waals surface area contributed by atoms with Gasteiger partial charge in [-0.15, -0.1) is 11.3 Å². The third kappa shape index (κ3) is 7.31. The molecule has 1 aromatic heterocycles. The number of rotatable bonds is 12. The summed E-state index contributed by atoms with van der Waals surface area (Å²) in [7, 11) is 3.48. The van der Waals surface area contributed by atoms with Crippen molar-refractivity contribution >= 4 is 11.3 Å². The molecule has 0 aliphatic carbocycles. The van der Waals surface area contributed by atoms with Crippen molar-refractivity contribution < 1.29 is 9.47 Å². The number of nitrogens with one attached hydrogen (secondary N) is 1. The van der Waals surface area contributed by atoms with E-state index in [4.69, 9.17) is 9.47 Å². The number of ether oxygens (including phenoxy) is 2. The van der Waals surface area contributed by atoms with Crippen molar-refractivity contribution in [3.05, 3.63) is 16.1 Å². The minimum atomic E-state index is 0.751. The van der Waals surface area contributed by atoms with Crippen LogP contribution in [0.15, 0.2) is 5.38 Å². The lowest BCUT2D eigenvalue weighted by Crippen LogP contribution is -2.29. The standard InChI is InChI=1S/C14H27N3O2S/c1-4-15-10-14-16-13(12-20-14)11-17(7-9-19-3)6-5-8-18-2/h12,15H,4-11H2,1-3H3. The molecular weight excluding hydrogens is 274 g/mol. The van der Waals surface area contributed by atoms with Crippen molar-refractivity contribution in [3.8, 4) is 0 Å².